The summed E-state index contributed by atoms with van der Waals surface area (Å²) < 4.78 is 0. The highest BCUT2D eigenvalue weighted by atomic mass is 16.3. The van der Waals surface area contributed by atoms with Gasteiger partial charge in [-0.05, 0) is 56.1 Å². The van der Waals surface area contributed by atoms with Crippen LogP contribution in [0.5, 0.6) is 0 Å². The predicted molar refractivity (Wildman–Crippen MR) is 64.9 cm³/mol. The minimum absolute atomic E-state index is 0.575. The maximum absolute atomic E-state index is 10.6. The molecule has 1 aromatic rings. The lowest BCUT2D eigenvalue weighted by molar-refractivity contribution is 0.865. The quantitative estimate of drug-likeness (QED) is 0.706. The van der Waals surface area contributed by atoms with Gasteiger partial charge in [0.05, 0.1) is 0 Å². The Morgan fingerprint density at radius 2 is 1.60 bits per heavy atom. The maximum Gasteiger partial charge on any atom is 0.113 e. The summed E-state index contributed by atoms with van der Waals surface area (Å²) >= 11 is 0. The molecule has 1 rings (SSSR count). The van der Waals surface area contributed by atoms with Gasteiger partial charge in [-0.15, -0.1) is 4.91 Å². The minimum Gasteiger partial charge on any atom is -0.372 e. The summed E-state index contributed by atoms with van der Waals surface area (Å²) in [5.74, 6) is 0. The van der Waals surface area contributed by atoms with E-state index in [0.717, 1.165) is 24.2 Å². The van der Waals surface area contributed by atoms with Gasteiger partial charge in [0.2, 0.25) is 0 Å². The van der Waals surface area contributed by atoms with Crippen molar-refractivity contribution in [1.82, 2.24) is 0 Å². The number of benzene rings is 1. The van der Waals surface area contributed by atoms with Crippen LogP contribution in [0.1, 0.15) is 25.0 Å². The van der Waals surface area contributed by atoms with E-state index in [1.54, 1.807) is 0 Å². The lowest BCUT2D eigenvalue weighted by Gasteiger charge is -2.22. The van der Waals surface area contributed by atoms with Gasteiger partial charge in [-0.25, -0.2) is 0 Å². The first-order valence-corrected chi connectivity index (χ1v) is 5.33. The van der Waals surface area contributed by atoms with E-state index in [9.17, 15) is 4.91 Å². The zero-order chi connectivity index (χ0) is 11.4. The normalized spacial score (nSPS) is 10.1. The van der Waals surface area contributed by atoms with Crippen LogP contribution in [0.2, 0.25) is 0 Å². The van der Waals surface area contributed by atoms with E-state index in [1.807, 2.05) is 26.0 Å². The Hall–Kier alpha value is -1.38. The first-order valence-electron chi connectivity index (χ1n) is 5.33. The molecule has 0 saturated heterocycles. The Kier molecular flexibility index (Phi) is 3.83. The van der Waals surface area contributed by atoms with Crippen molar-refractivity contribution >= 4 is 11.4 Å². The molecular formula is C12H18N2O. The smallest absolute Gasteiger partial charge is 0.113 e. The van der Waals surface area contributed by atoms with Crippen LogP contribution in [0.4, 0.5) is 11.4 Å². The van der Waals surface area contributed by atoms with Gasteiger partial charge in [0.1, 0.15) is 5.69 Å². The highest BCUT2D eigenvalue weighted by molar-refractivity contribution is 5.62. The molecular weight excluding hydrogens is 188 g/mol. The summed E-state index contributed by atoms with van der Waals surface area (Å²) in [6, 6.07) is 4.05. The summed E-state index contributed by atoms with van der Waals surface area (Å²) in [5.41, 5.74) is 3.65. The highest BCUT2D eigenvalue weighted by Gasteiger charge is 2.08. The average Bonchev–Trinajstić information content (AvgIpc) is 2.19. The zero-order valence-corrected chi connectivity index (χ0v) is 9.87. The van der Waals surface area contributed by atoms with Crippen molar-refractivity contribution in [2.45, 2.75) is 27.7 Å². The van der Waals surface area contributed by atoms with Crippen LogP contribution in [-0.2, 0) is 0 Å². The molecule has 3 heteroatoms. The largest absolute Gasteiger partial charge is 0.372 e. The molecule has 0 bridgehead atoms. The molecule has 82 valence electrons. The first kappa shape index (κ1) is 11.7. The molecule has 1 aromatic carbocycles. The van der Waals surface area contributed by atoms with Crippen molar-refractivity contribution in [3.8, 4) is 0 Å². The van der Waals surface area contributed by atoms with Gasteiger partial charge >= 0.3 is 0 Å². The van der Waals surface area contributed by atoms with Gasteiger partial charge in [-0.2, -0.15) is 0 Å². The van der Waals surface area contributed by atoms with Gasteiger partial charge in [-0.1, -0.05) is 0 Å². The monoisotopic (exact) mass is 206 g/mol. The Morgan fingerprint density at radius 3 is 1.93 bits per heavy atom. The molecule has 0 radical (unpaired) electrons. The Balaban J connectivity index is 3.18. The van der Waals surface area contributed by atoms with E-state index in [0.29, 0.717) is 5.69 Å². The SMILES string of the molecule is CCN(CC)c1cc(C)c(N=O)c(C)c1. The fraction of sp³-hybridized carbons (Fsp3) is 0.500. The van der Waals surface area contributed by atoms with Crippen molar-refractivity contribution in [3.05, 3.63) is 28.2 Å². The van der Waals surface area contributed by atoms with Crippen LogP contribution >= 0.6 is 0 Å². The molecule has 3 nitrogen and oxygen atoms in total. The summed E-state index contributed by atoms with van der Waals surface area (Å²) in [7, 11) is 0. The van der Waals surface area contributed by atoms with E-state index in [2.05, 4.69) is 23.9 Å². The van der Waals surface area contributed by atoms with Crippen LogP contribution in [-0.4, -0.2) is 13.1 Å². The van der Waals surface area contributed by atoms with Crippen molar-refractivity contribution in [1.29, 1.82) is 0 Å². The minimum atomic E-state index is 0.575. The number of aryl methyl sites for hydroxylation is 2. The Morgan fingerprint density at radius 1 is 1.13 bits per heavy atom. The fourth-order valence-corrected chi connectivity index (χ4v) is 1.85. The molecule has 0 N–H and O–H groups in total. The summed E-state index contributed by atoms with van der Waals surface area (Å²) in [5, 5.41) is 3.05. The molecule has 0 aromatic heterocycles. The first-order chi connectivity index (χ1) is 7.13. The van der Waals surface area contributed by atoms with Gasteiger partial charge in [-0.3, -0.25) is 0 Å². The van der Waals surface area contributed by atoms with Crippen molar-refractivity contribution in [3.63, 3.8) is 0 Å². The number of hydrogen-bond donors (Lipinski definition) is 0. The van der Waals surface area contributed by atoms with Crippen LogP contribution in [0.15, 0.2) is 17.3 Å². The second kappa shape index (κ2) is 4.91. The van der Waals surface area contributed by atoms with Gasteiger partial charge in [0.25, 0.3) is 0 Å². The molecule has 0 fully saturated rings. The third kappa shape index (κ3) is 2.35. The second-order valence-electron chi connectivity index (χ2n) is 3.69. The summed E-state index contributed by atoms with van der Waals surface area (Å²) in [4.78, 5) is 12.9. The molecule has 0 aliphatic heterocycles. The standard InChI is InChI=1S/C12H18N2O/c1-5-14(6-2)11-7-9(3)12(13-15)10(4)8-11/h7-8H,5-6H2,1-4H3. The third-order valence-corrected chi connectivity index (χ3v) is 2.70. The second-order valence-corrected chi connectivity index (χ2v) is 3.69. The lowest BCUT2D eigenvalue weighted by atomic mass is 10.1. The third-order valence-electron chi connectivity index (χ3n) is 2.70. The van der Waals surface area contributed by atoms with Crippen molar-refractivity contribution in [2.75, 3.05) is 18.0 Å². The van der Waals surface area contributed by atoms with E-state index in [4.69, 9.17) is 0 Å². The topological polar surface area (TPSA) is 32.7 Å². The van der Waals surface area contributed by atoms with Gasteiger partial charge in [0, 0.05) is 18.8 Å². The van der Waals surface area contributed by atoms with Crippen LogP contribution < -0.4 is 4.90 Å². The molecule has 0 heterocycles. The van der Waals surface area contributed by atoms with Gasteiger partial charge < -0.3 is 4.90 Å². The molecule has 15 heavy (non-hydrogen) atoms. The van der Waals surface area contributed by atoms with E-state index < -0.39 is 0 Å². The summed E-state index contributed by atoms with van der Waals surface area (Å²) in [6.07, 6.45) is 0. The predicted octanol–water partition coefficient (Wildman–Crippen LogP) is 3.55. The number of nitrogens with zero attached hydrogens (tertiary/aromatic N) is 2. The zero-order valence-electron chi connectivity index (χ0n) is 9.87. The number of rotatable bonds is 4. The van der Waals surface area contributed by atoms with Crippen LogP contribution in [0.25, 0.3) is 0 Å². The van der Waals surface area contributed by atoms with Crippen molar-refractivity contribution in [2.24, 2.45) is 5.18 Å². The maximum atomic E-state index is 10.6. The van der Waals surface area contributed by atoms with E-state index in [-0.39, 0.29) is 0 Å². The molecule has 0 saturated carbocycles. The average molecular weight is 206 g/mol. The highest BCUT2D eigenvalue weighted by Crippen LogP contribution is 2.28. The fourth-order valence-electron chi connectivity index (χ4n) is 1.85. The molecule has 0 spiro atoms. The molecule has 0 atom stereocenters. The summed E-state index contributed by atoms with van der Waals surface area (Å²) in [6.45, 7) is 10.1. The molecule has 0 aliphatic carbocycles. The van der Waals surface area contributed by atoms with Crippen LogP contribution in [0.3, 0.4) is 0 Å². The van der Waals surface area contributed by atoms with Gasteiger partial charge in [0.15, 0.2) is 0 Å². The molecule has 0 unspecified atom stereocenters. The number of nitroso groups, excluding NO2 is 1. The van der Waals surface area contributed by atoms with E-state index in [1.165, 1.54) is 5.69 Å². The van der Waals surface area contributed by atoms with Crippen LogP contribution in [0, 0.1) is 18.8 Å². The lowest BCUT2D eigenvalue weighted by Crippen LogP contribution is -2.21. The Labute approximate surface area is 91.1 Å². The number of anilines is 1. The van der Waals surface area contributed by atoms with E-state index >= 15 is 0 Å². The van der Waals surface area contributed by atoms with Crippen molar-refractivity contribution < 1.29 is 0 Å². The molecule has 0 aliphatic rings. The number of hydrogen-bond acceptors (Lipinski definition) is 3. The molecule has 0 amide bonds. The Bertz CT molecular complexity index is 334.